The Morgan fingerprint density at radius 1 is 1.12 bits per heavy atom. The number of rotatable bonds is 5. The van der Waals surface area contributed by atoms with Crippen molar-refractivity contribution in [2.75, 3.05) is 11.9 Å². The van der Waals surface area contributed by atoms with Gasteiger partial charge in [-0.3, -0.25) is 4.79 Å². The molecule has 5 heteroatoms. The van der Waals surface area contributed by atoms with Crippen molar-refractivity contribution in [3.63, 3.8) is 0 Å². The molecule has 0 aliphatic heterocycles. The zero-order valence-electron chi connectivity index (χ0n) is 13.7. The molecule has 0 saturated carbocycles. The van der Waals surface area contributed by atoms with Gasteiger partial charge in [-0.1, -0.05) is 24.3 Å². The molecule has 5 nitrogen and oxygen atoms in total. The molecule has 3 rings (SSSR count). The van der Waals surface area contributed by atoms with Crippen molar-refractivity contribution in [2.24, 2.45) is 0 Å². The van der Waals surface area contributed by atoms with Gasteiger partial charge in [-0.25, -0.2) is 4.79 Å². The molecule has 0 unspecified atom stereocenters. The fraction of sp³-hybridized carbons (Fsp3) is 0.100. The summed E-state index contributed by atoms with van der Waals surface area (Å²) >= 11 is 0. The first-order valence-electron chi connectivity index (χ1n) is 7.90. The minimum absolute atomic E-state index is 0.301. The number of nitrogens with one attached hydrogen (secondary N) is 1. The summed E-state index contributed by atoms with van der Waals surface area (Å²) < 4.78 is 10.6. The zero-order chi connectivity index (χ0) is 17.6. The van der Waals surface area contributed by atoms with Crippen LogP contribution in [0.15, 0.2) is 65.1 Å². The maximum absolute atomic E-state index is 12.1. The fourth-order valence-corrected chi connectivity index (χ4v) is 2.36. The van der Waals surface area contributed by atoms with E-state index in [-0.39, 0.29) is 5.91 Å². The molecule has 0 spiro atoms. The maximum atomic E-state index is 12.1. The van der Waals surface area contributed by atoms with Gasteiger partial charge in [0, 0.05) is 17.1 Å². The number of fused-ring (bicyclic) bond motifs is 1. The summed E-state index contributed by atoms with van der Waals surface area (Å²) in [5.74, 6) is -0.144. The molecule has 2 aromatic carbocycles. The number of carbonyl (C=O) groups is 2. The van der Waals surface area contributed by atoms with E-state index in [1.807, 2.05) is 30.3 Å². The molecule has 0 aliphatic carbocycles. The Morgan fingerprint density at radius 2 is 1.96 bits per heavy atom. The van der Waals surface area contributed by atoms with Crippen LogP contribution in [0.5, 0.6) is 0 Å². The van der Waals surface area contributed by atoms with Crippen LogP contribution in [0.1, 0.15) is 23.0 Å². The minimum Gasteiger partial charge on any atom is -0.462 e. The second kappa shape index (κ2) is 7.49. The van der Waals surface area contributed by atoms with E-state index < -0.39 is 5.97 Å². The van der Waals surface area contributed by atoms with Crippen LogP contribution in [0.25, 0.3) is 17.0 Å². The lowest BCUT2D eigenvalue weighted by Crippen LogP contribution is -2.09. The van der Waals surface area contributed by atoms with Gasteiger partial charge >= 0.3 is 5.97 Å². The number of hydrogen-bond donors (Lipinski definition) is 1. The van der Waals surface area contributed by atoms with Crippen LogP contribution in [0.2, 0.25) is 0 Å². The summed E-state index contributed by atoms with van der Waals surface area (Å²) in [5, 5.41) is 3.68. The van der Waals surface area contributed by atoms with Gasteiger partial charge in [-0.05, 0) is 43.3 Å². The molecule has 1 heterocycles. The highest BCUT2D eigenvalue weighted by molar-refractivity contribution is 6.02. The van der Waals surface area contributed by atoms with Gasteiger partial charge in [-0.2, -0.15) is 0 Å². The van der Waals surface area contributed by atoms with Crippen LogP contribution in [0, 0.1) is 0 Å². The third-order valence-electron chi connectivity index (χ3n) is 3.48. The van der Waals surface area contributed by atoms with Gasteiger partial charge in [0.25, 0.3) is 0 Å². The molecule has 126 valence electrons. The molecule has 25 heavy (non-hydrogen) atoms. The molecule has 0 fully saturated rings. The number of amides is 1. The van der Waals surface area contributed by atoms with E-state index in [2.05, 4.69) is 5.32 Å². The average molecular weight is 335 g/mol. The zero-order valence-corrected chi connectivity index (χ0v) is 13.7. The molecule has 0 saturated heterocycles. The molecule has 0 aliphatic rings. The van der Waals surface area contributed by atoms with Crippen molar-refractivity contribution >= 4 is 34.6 Å². The van der Waals surface area contributed by atoms with E-state index in [1.54, 1.807) is 37.3 Å². The Balaban J connectivity index is 1.67. The summed E-state index contributed by atoms with van der Waals surface area (Å²) in [6, 6.07) is 16.1. The van der Waals surface area contributed by atoms with Gasteiger partial charge in [0.2, 0.25) is 5.91 Å². The van der Waals surface area contributed by atoms with Crippen LogP contribution >= 0.6 is 0 Å². The van der Waals surface area contributed by atoms with E-state index in [9.17, 15) is 9.59 Å². The number of furan rings is 1. The standard InChI is InChI=1S/C20H17NO4/c1-2-24-20(23)15-7-5-8-16(12-15)21-19(22)11-10-17-13-14-6-3-4-9-18(14)25-17/h3-13H,2H2,1H3,(H,21,22). The van der Waals surface area contributed by atoms with Crippen molar-refractivity contribution in [3.8, 4) is 0 Å². The normalized spacial score (nSPS) is 10.9. The van der Waals surface area contributed by atoms with Crippen molar-refractivity contribution in [3.05, 3.63) is 72.0 Å². The summed E-state index contributed by atoms with van der Waals surface area (Å²) in [6.07, 6.45) is 2.99. The van der Waals surface area contributed by atoms with Crippen molar-refractivity contribution in [1.82, 2.24) is 0 Å². The third kappa shape index (κ3) is 4.14. The summed E-state index contributed by atoms with van der Waals surface area (Å²) in [7, 11) is 0. The summed E-state index contributed by atoms with van der Waals surface area (Å²) in [5.41, 5.74) is 1.68. The fourth-order valence-electron chi connectivity index (χ4n) is 2.36. The predicted molar refractivity (Wildman–Crippen MR) is 96.3 cm³/mol. The van der Waals surface area contributed by atoms with Gasteiger partial charge in [0.1, 0.15) is 11.3 Å². The monoisotopic (exact) mass is 335 g/mol. The lowest BCUT2D eigenvalue weighted by molar-refractivity contribution is -0.111. The van der Waals surface area contributed by atoms with Crippen LogP contribution < -0.4 is 5.32 Å². The van der Waals surface area contributed by atoms with Gasteiger partial charge in [0.05, 0.1) is 12.2 Å². The predicted octanol–water partition coefficient (Wildman–Crippen LogP) is 4.26. The van der Waals surface area contributed by atoms with E-state index in [1.165, 1.54) is 6.08 Å². The molecule has 1 N–H and O–H groups in total. The highest BCUT2D eigenvalue weighted by Crippen LogP contribution is 2.19. The summed E-state index contributed by atoms with van der Waals surface area (Å²) in [4.78, 5) is 23.8. The van der Waals surface area contributed by atoms with E-state index in [0.717, 1.165) is 11.0 Å². The lowest BCUT2D eigenvalue weighted by Gasteiger charge is -2.05. The van der Waals surface area contributed by atoms with Gasteiger partial charge in [-0.15, -0.1) is 0 Å². The smallest absolute Gasteiger partial charge is 0.338 e. The Kier molecular flexibility index (Phi) is 4.95. The number of carbonyl (C=O) groups excluding carboxylic acids is 2. The number of esters is 1. The van der Waals surface area contributed by atoms with E-state index in [0.29, 0.717) is 23.6 Å². The minimum atomic E-state index is -0.420. The van der Waals surface area contributed by atoms with Crippen molar-refractivity contribution < 1.29 is 18.7 Å². The Morgan fingerprint density at radius 3 is 2.76 bits per heavy atom. The molecule has 1 amide bonds. The van der Waals surface area contributed by atoms with Crippen LogP contribution in [-0.2, 0) is 9.53 Å². The first-order chi connectivity index (χ1) is 12.2. The van der Waals surface area contributed by atoms with E-state index >= 15 is 0 Å². The van der Waals surface area contributed by atoms with Crippen molar-refractivity contribution in [2.45, 2.75) is 6.92 Å². The highest BCUT2D eigenvalue weighted by Gasteiger charge is 2.07. The van der Waals surface area contributed by atoms with Gasteiger partial charge in [0.15, 0.2) is 0 Å². The van der Waals surface area contributed by atoms with Gasteiger partial charge < -0.3 is 14.5 Å². The first-order valence-corrected chi connectivity index (χ1v) is 7.90. The molecule has 1 aromatic heterocycles. The number of para-hydroxylation sites is 1. The number of hydrogen-bond acceptors (Lipinski definition) is 4. The Bertz CT molecular complexity index is 907. The molecule has 0 radical (unpaired) electrons. The molecular weight excluding hydrogens is 318 g/mol. The van der Waals surface area contributed by atoms with Crippen LogP contribution in [0.4, 0.5) is 5.69 Å². The topological polar surface area (TPSA) is 68.5 Å². The SMILES string of the molecule is CCOC(=O)c1cccc(NC(=O)C=Cc2cc3ccccc3o2)c1. The van der Waals surface area contributed by atoms with Crippen LogP contribution in [0.3, 0.4) is 0 Å². The van der Waals surface area contributed by atoms with Crippen molar-refractivity contribution in [1.29, 1.82) is 0 Å². The highest BCUT2D eigenvalue weighted by atomic mass is 16.5. The number of anilines is 1. The second-order valence-electron chi connectivity index (χ2n) is 5.31. The number of ether oxygens (including phenoxy) is 1. The Labute approximate surface area is 144 Å². The molecule has 0 atom stereocenters. The largest absolute Gasteiger partial charge is 0.462 e. The quantitative estimate of drug-likeness (QED) is 0.559. The summed E-state index contributed by atoms with van der Waals surface area (Å²) in [6.45, 7) is 2.04. The number of benzene rings is 2. The second-order valence-corrected chi connectivity index (χ2v) is 5.31. The molecule has 3 aromatic rings. The molecule has 0 bridgehead atoms. The van der Waals surface area contributed by atoms with E-state index in [4.69, 9.17) is 9.15 Å². The lowest BCUT2D eigenvalue weighted by atomic mass is 10.2. The van der Waals surface area contributed by atoms with Crippen LogP contribution in [-0.4, -0.2) is 18.5 Å². The average Bonchev–Trinajstić information content (AvgIpc) is 3.03. The maximum Gasteiger partial charge on any atom is 0.338 e. The Hall–Kier alpha value is -3.34. The first kappa shape index (κ1) is 16.5. The third-order valence-corrected chi connectivity index (χ3v) is 3.48. The molecular formula is C20H17NO4.